The highest BCUT2D eigenvalue weighted by molar-refractivity contribution is 5.93. The maximum Gasteiger partial charge on any atom is 0.299 e. The first-order chi connectivity index (χ1) is 10.2. The van der Waals surface area contributed by atoms with Crippen LogP contribution in [0.1, 0.15) is 31.3 Å². The van der Waals surface area contributed by atoms with Gasteiger partial charge in [-0.2, -0.15) is 0 Å². The molecule has 0 fully saturated rings. The Morgan fingerprint density at radius 1 is 1.48 bits per heavy atom. The monoisotopic (exact) mass is 282 g/mol. The van der Waals surface area contributed by atoms with E-state index < -0.39 is 0 Å². The number of amides is 1. The van der Waals surface area contributed by atoms with Gasteiger partial charge in [0.25, 0.3) is 5.91 Å². The molecule has 0 aliphatic rings. The van der Waals surface area contributed by atoms with E-state index in [4.69, 9.17) is 0 Å². The number of imidazole rings is 1. The van der Waals surface area contributed by atoms with Gasteiger partial charge in [-0.05, 0) is 25.8 Å². The molecule has 2 aromatic heterocycles. The van der Waals surface area contributed by atoms with Crippen LogP contribution in [0.3, 0.4) is 0 Å². The van der Waals surface area contributed by atoms with Crippen molar-refractivity contribution in [2.45, 2.75) is 19.9 Å². The van der Waals surface area contributed by atoms with E-state index in [0.29, 0.717) is 6.54 Å². The van der Waals surface area contributed by atoms with Gasteiger partial charge in [0.1, 0.15) is 11.9 Å². The van der Waals surface area contributed by atoms with Crippen molar-refractivity contribution in [2.75, 3.05) is 6.54 Å². The van der Waals surface area contributed by atoms with Gasteiger partial charge in [-0.1, -0.05) is 12.0 Å². The number of hydrogen-bond donors (Lipinski definition) is 0. The number of pyridine rings is 1. The van der Waals surface area contributed by atoms with E-state index in [9.17, 15) is 4.79 Å². The molecule has 1 unspecified atom stereocenters. The lowest BCUT2D eigenvalue weighted by atomic mass is 10.1. The predicted octanol–water partition coefficient (Wildman–Crippen LogP) is 1.78. The summed E-state index contributed by atoms with van der Waals surface area (Å²) < 4.78 is 1.91. The molecule has 5 nitrogen and oxygen atoms in total. The lowest BCUT2D eigenvalue weighted by Gasteiger charge is -2.29. The van der Waals surface area contributed by atoms with E-state index in [0.717, 1.165) is 11.4 Å². The summed E-state index contributed by atoms with van der Waals surface area (Å²) in [5.74, 6) is 5.85. The Bertz CT molecular complexity index is 666. The standard InChI is InChI=1S/C16H18N4O/c1-4-7-14(21)20(5-2)15(13-8-6-9-17-12-13)16-18-10-11-19(16)3/h6,8-12,15H,5H2,1-3H3. The highest BCUT2D eigenvalue weighted by Crippen LogP contribution is 2.26. The van der Waals surface area contributed by atoms with E-state index in [1.54, 1.807) is 30.4 Å². The minimum absolute atomic E-state index is 0.211. The molecule has 0 aliphatic heterocycles. The Balaban J connectivity index is 2.52. The molecule has 0 aromatic carbocycles. The van der Waals surface area contributed by atoms with Crippen LogP contribution in [0.15, 0.2) is 36.9 Å². The molecule has 0 aliphatic carbocycles. The lowest BCUT2D eigenvalue weighted by molar-refractivity contribution is -0.126. The summed E-state index contributed by atoms with van der Waals surface area (Å²) >= 11 is 0. The number of hydrogen-bond acceptors (Lipinski definition) is 3. The van der Waals surface area contributed by atoms with Gasteiger partial charge in [0.15, 0.2) is 0 Å². The van der Waals surface area contributed by atoms with Crippen LogP contribution in [0.4, 0.5) is 0 Å². The predicted molar refractivity (Wildman–Crippen MR) is 80.1 cm³/mol. The first-order valence-electron chi connectivity index (χ1n) is 6.79. The summed E-state index contributed by atoms with van der Waals surface area (Å²) in [5.41, 5.74) is 0.917. The van der Waals surface area contributed by atoms with Crippen molar-refractivity contribution in [1.82, 2.24) is 19.4 Å². The second kappa shape index (κ2) is 6.71. The van der Waals surface area contributed by atoms with Crippen molar-refractivity contribution in [3.8, 4) is 11.8 Å². The summed E-state index contributed by atoms with van der Waals surface area (Å²) in [4.78, 5) is 22.5. The van der Waals surface area contributed by atoms with E-state index in [1.165, 1.54) is 0 Å². The molecule has 1 amide bonds. The molecule has 108 valence electrons. The van der Waals surface area contributed by atoms with E-state index >= 15 is 0 Å². The van der Waals surface area contributed by atoms with Gasteiger partial charge in [0.2, 0.25) is 0 Å². The van der Waals surface area contributed by atoms with Crippen molar-refractivity contribution in [3.05, 3.63) is 48.3 Å². The van der Waals surface area contributed by atoms with E-state index in [2.05, 4.69) is 21.8 Å². The van der Waals surface area contributed by atoms with Gasteiger partial charge >= 0.3 is 0 Å². The van der Waals surface area contributed by atoms with Crippen molar-refractivity contribution in [3.63, 3.8) is 0 Å². The molecule has 0 saturated heterocycles. The zero-order chi connectivity index (χ0) is 15.2. The van der Waals surface area contributed by atoms with Crippen LogP contribution in [0.25, 0.3) is 0 Å². The van der Waals surface area contributed by atoms with Gasteiger partial charge in [-0.3, -0.25) is 9.78 Å². The highest BCUT2D eigenvalue weighted by Gasteiger charge is 2.27. The second-order valence-electron chi connectivity index (χ2n) is 4.55. The van der Waals surface area contributed by atoms with Crippen molar-refractivity contribution in [1.29, 1.82) is 0 Å². The quantitative estimate of drug-likeness (QED) is 0.803. The van der Waals surface area contributed by atoms with Crippen LogP contribution in [0.5, 0.6) is 0 Å². The third kappa shape index (κ3) is 3.11. The van der Waals surface area contributed by atoms with Crippen LogP contribution in [-0.4, -0.2) is 31.9 Å². The smallest absolute Gasteiger partial charge is 0.299 e. The third-order valence-corrected chi connectivity index (χ3v) is 3.25. The summed E-state index contributed by atoms with van der Waals surface area (Å²) in [7, 11) is 1.91. The maximum atomic E-state index is 12.3. The number of rotatable bonds is 4. The summed E-state index contributed by atoms with van der Waals surface area (Å²) in [5, 5.41) is 0. The van der Waals surface area contributed by atoms with Crippen LogP contribution in [0.2, 0.25) is 0 Å². The summed E-state index contributed by atoms with van der Waals surface area (Å²) in [6.07, 6.45) is 7.06. The largest absolute Gasteiger partial charge is 0.336 e. The molecule has 2 heterocycles. The molecule has 0 bridgehead atoms. The van der Waals surface area contributed by atoms with E-state index in [1.807, 2.05) is 36.9 Å². The van der Waals surface area contributed by atoms with Crippen LogP contribution in [-0.2, 0) is 11.8 Å². The molecular formula is C16H18N4O. The topological polar surface area (TPSA) is 51.0 Å². The normalized spacial score (nSPS) is 11.4. The average Bonchev–Trinajstić information content (AvgIpc) is 2.91. The minimum atomic E-state index is -0.294. The first-order valence-corrected chi connectivity index (χ1v) is 6.79. The second-order valence-corrected chi connectivity index (χ2v) is 4.55. The summed E-state index contributed by atoms with van der Waals surface area (Å²) in [6, 6.07) is 3.51. The highest BCUT2D eigenvalue weighted by atomic mass is 16.2. The number of aryl methyl sites for hydroxylation is 1. The average molecular weight is 282 g/mol. The van der Waals surface area contributed by atoms with E-state index in [-0.39, 0.29) is 11.9 Å². The van der Waals surface area contributed by atoms with Gasteiger partial charge < -0.3 is 9.47 Å². The van der Waals surface area contributed by atoms with Crippen LogP contribution >= 0.6 is 0 Å². The van der Waals surface area contributed by atoms with Crippen LogP contribution in [0, 0.1) is 11.8 Å². The molecule has 0 N–H and O–H groups in total. The first kappa shape index (κ1) is 14.8. The molecule has 2 rings (SSSR count). The maximum absolute atomic E-state index is 12.3. The van der Waals surface area contributed by atoms with Crippen molar-refractivity contribution >= 4 is 5.91 Å². The number of nitrogens with zero attached hydrogens (tertiary/aromatic N) is 4. The lowest BCUT2D eigenvalue weighted by Crippen LogP contribution is -2.36. The molecule has 21 heavy (non-hydrogen) atoms. The Kier molecular flexibility index (Phi) is 4.72. The molecular weight excluding hydrogens is 264 g/mol. The number of aromatic nitrogens is 3. The minimum Gasteiger partial charge on any atom is -0.336 e. The van der Waals surface area contributed by atoms with Gasteiger partial charge in [-0.25, -0.2) is 4.98 Å². The number of carbonyl (C=O) groups excluding carboxylic acids is 1. The zero-order valence-electron chi connectivity index (χ0n) is 12.4. The molecule has 5 heteroatoms. The fraction of sp³-hybridized carbons (Fsp3) is 0.312. The molecule has 2 aromatic rings. The van der Waals surface area contributed by atoms with Crippen LogP contribution < -0.4 is 0 Å². The van der Waals surface area contributed by atoms with Gasteiger partial charge in [0.05, 0.1) is 0 Å². The Morgan fingerprint density at radius 3 is 2.81 bits per heavy atom. The Labute approximate surface area is 124 Å². The van der Waals surface area contributed by atoms with Crippen molar-refractivity contribution in [2.24, 2.45) is 7.05 Å². The molecule has 0 spiro atoms. The molecule has 0 radical (unpaired) electrons. The number of carbonyl (C=O) groups is 1. The fourth-order valence-corrected chi connectivity index (χ4v) is 2.27. The molecule has 1 atom stereocenters. The third-order valence-electron chi connectivity index (χ3n) is 3.25. The summed E-state index contributed by atoms with van der Waals surface area (Å²) in [6.45, 7) is 4.13. The SMILES string of the molecule is CC#CC(=O)N(CC)C(c1cccnc1)c1nccn1C. The van der Waals surface area contributed by atoms with Gasteiger partial charge in [-0.15, -0.1) is 0 Å². The zero-order valence-corrected chi connectivity index (χ0v) is 12.4. The Hall–Kier alpha value is -2.61. The molecule has 0 saturated carbocycles. The fourth-order valence-electron chi connectivity index (χ4n) is 2.27. The van der Waals surface area contributed by atoms with Crippen molar-refractivity contribution < 1.29 is 4.79 Å². The van der Waals surface area contributed by atoms with Gasteiger partial charge in [0, 0.05) is 43.9 Å². The Morgan fingerprint density at radius 2 is 2.29 bits per heavy atom.